The molecule has 4 heterocycles. The van der Waals surface area contributed by atoms with E-state index in [0.29, 0.717) is 17.5 Å². The van der Waals surface area contributed by atoms with Gasteiger partial charge in [-0.1, -0.05) is 6.92 Å². The molecular formula is C22H31N7O. The molecule has 0 bridgehead atoms. The van der Waals surface area contributed by atoms with Crippen LogP contribution in [0, 0.1) is 25.7 Å². The molecule has 160 valence electrons. The van der Waals surface area contributed by atoms with E-state index >= 15 is 0 Å². The minimum Gasteiger partial charge on any atom is -0.337 e. The number of aryl methyl sites for hydroxylation is 3. The lowest BCUT2D eigenvalue weighted by Crippen LogP contribution is -2.43. The highest BCUT2D eigenvalue weighted by Crippen LogP contribution is 2.27. The summed E-state index contributed by atoms with van der Waals surface area (Å²) in [7, 11) is 2.01. The van der Waals surface area contributed by atoms with Crippen molar-refractivity contribution in [2.75, 3.05) is 19.6 Å². The first-order valence-electron chi connectivity index (χ1n) is 10.7. The molecule has 1 N–H and O–H groups in total. The van der Waals surface area contributed by atoms with E-state index in [1.807, 2.05) is 48.8 Å². The molecule has 0 aliphatic carbocycles. The number of hydrogen-bond donors (Lipinski definition) is 1. The van der Waals surface area contributed by atoms with Gasteiger partial charge in [0.25, 0.3) is 5.91 Å². The summed E-state index contributed by atoms with van der Waals surface area (Å²) in [6.07, 6.45) is 5.94. The van der Waals surface area contributed by atoms with E-state index in [2.05, 4.69) is 27.3 Å². The van der Waals surface area contributed by atoms with Crippen molar-refractivity contribution in [3.63, 3.8) is 0 Å². The second-order valence-corrected chi connectivity index (χ2v) is 8.54. The van der Waals surface area contributed by atoms with Gasteiger partial charge in [0.15, 0.2) is 11.3 Å². The Kier molecular flexibility index (Phi) is 5.85. The molecule has 0 saturated carbocycles. The van der Waals surface area contributed by atoms with E-state index in [1.54, 1.807) is 10.6 Å². The fourth-order valence-corrected chi connectivity index (χ4v) is 4.42. The van der Waals surface area contributed by atoms with E-state index in [9.17, 15) is 4.79 Å². The summed E-state index contributed by atoms with van der Waals surface area (Å²) in [5.74, 6) is 2.15. The third-order valence-corrected chi connectivity index (χ3v) is 6.22. The Morgan fingerprint density at radius 2 is 2.13 bits per heavy atom. The van der Waals surface area contributed by atoms with Gasteiger partial charge >= 0.3 is 0 Å². The highest BCUT2D eigenvalue weighted by Gasteiger charge is 2.30. The second kappa shape index (κ2) is 8.55. The molecule has 4 rings (SSSR count). The number of carbonyl (C=O) groups is 1. The normalized spacial score (nSPS) is 19.5. The first-order valence-corrected chi connectivity index (χ1v) is 10.7. The van der Waals surface area contributed by atoms with Crippen LogP contribution in [-0.4, -0.2) is 54.6 Å². The summed E-state index contributed by atoms with van der Waals surface area (Å²) in [5.41, 5.74) is 3.14. The topological polar surface area (TPSA) is 80.4 Å². The van der Waals surface area contributed by atoms with Crippen molar-refractivity contribution in [3.05, 3.63) is 47.4 Å². The minimum absolute atomic E-state index is 0.00996. The number of hydrogen-bond acceptors (Lipinski definition) is 5. The molecule has 1 fully saturated rings. The third-order valence-electron chi connectivity index (χ3n) is 6.22. The van der Waals surface area contributed by atoms with Gasteiger partial charge in [-0.05, 0) is 51.1 Å². The Morgan fingerprint density at radius 3 is 2.87 bits per heavy atom. The zero-order chi connectivity index (χ0) is 21.3. The Bertz CT molecular complexity index is 1040. The average Bonchev–Trinajstić information content (AvgIpc) is 3.32. The highest BCUT2D eigenvalue weighted by molar-refractivity contribution is 5.93. The van der Waals surface area contributed by atoms with Crippen LogP contribution in [0.25, 0.3) is 5.65 Å². The molecule has 1 aliphatic heterocycles. The molecule has 8 nitrogen and oxygen atoms in total. The number of amides is 1. The molecule has 3 aromatic heterocycles. The van der Waals surface area contributed by atoms with Crippen LogP contribution in [0.1, 0.15) is 47.5 Å². The lowest BCUT2D eigenvalue weighted by Gasteiger charge is -2.36. The maximum absolute atomic E-state index is 13.0. The first kappa shape index (κ1) is 20.5. The van der Waals surface area contributed by atoms with Crippen LogP contribution in [0.2, 0.25) is 0 Å². The molecule has 0 aromatic carbocycles. The van der Waals surface area contributed by atoms with E-state index in [1.165, 1.54) is 0 Å². The van der Waals surface area contributed by atoms with Crippen LogP contribution in [0.15, 0.2) is 24.5 Å². The zero-order valence-corrected chi connectivity index (χ0v) is 18.3. The highest BCUT2D eigenvalue weighted by atomic mass is 16.2. The lowest BCUT2D eigenvalue weighted by molar-refractivity contribution is 0.0598. The Labute approximate surface area is 177 Å². The summed E-state index contributed by atoms with van der Waals surface area (Å²) in [6, 6.07) is 3.78. The molecule has 2 atom stereocenters. The molecule has 30 heavy (non-hydrogen) atoms. The molecule has 1 aliphatic rings. The van der Waals surface area contributed by atoms with Crippen LogP contribution in [0.5, 0.6) is 0 Å². The van der Waals surface area contributed by atoms with Crippen LogP contribution in [0.3, 0.4) is 0 Å². The molecule has 0 unspecified atom stereocenters. The third kappa shape index (κ3) is 4.23. The predicted molar refractivity (Wildman–Crippen MR) is 115 cm³/mol. The second-order valence-electron chi connectivity index (χ2n) is 8.54. The van der Waals surface area contributed by atoms with Gasteiger partial charge in [0.05, 0.1) is 6.54 Å². The number of likely N-dealkylation sites (tertiary alicyclic amines) is 1. The predicted octanol–water partition coefficient (Wildman–Crippen LogP) is 2.36. The van der Waals surface area contributed by atoms with E-state index in [0.717, 1.165) is 61.9 Å². The van der Waals surface area contributed by atoms with Gasteiger partial charge in [-0.2, -0.15) is 5.10 Å². The molecule has 8 heteroatoms. The SMILES string of the molecule is Cc1cc(C)n2nc(C(=O)N3CC[C@H](CCNCc4nccn4C)[C@H](C)C3)cc2n1. The van der Waals surface area contributed by atoms with Gasteiger partial charge in [0, 0.05) is 50.0 Å². The molecule has 0 radical (unpaired) electrons. The Hall–Kier alpha value is -2.74. The fourth-order valence-electron chi connectivity index (χ4n) is 4.42. The van der Waals surface area contributed by atoms with Crippen LogP contribution in [0.4, 0.5) is 0 Å². The number of carbonyl (C=O) groups excluding carboxylic acids is 1. The Morgan fingerprint density at radius 1 is 1.30 bits per heavy atom. The first-order chi connectivity index (χ1) is 14.4. The summed E-state index contributed by atoms with van der Waals surface area (Å²) in [5, 5.41) is 8.01. The number of piperidine rings is 1. The molecule has 1 saturated heterocycles. The van der Waals surface area contributed by atoms with Crippen molar-refractivity contribution in [3.8, 4) is 0 Å². The van der Waals surface area contributed by atoms with Crippen molar-refractivity contribution in [2.45, 2.75) is 40.2 Å². The maximum Gasteiger partial charge on any atom is 0.274 e. The lowest BCUT2D eigenvalue weighted by atomic mass is 9.84. The number of imidazole rings is 1. The molecular weight excluding hydrogens is 378 g/mol. The summed E-state index contributed by atoms with van der Waals surface area (Å²) in [4.78, 5) is 23.8. The van der Waals surface area contributed by atoms with Gasteiger partial charge in [-0.15, -0.1) is 0 Å². The number of nitrogens with zero attached hydrogens (tertiary/aromatic N) is 6. The van der Waals surface area contributed by atoms with Crippen molar-refractivity contribution in [1.29, 1.82) is 0 Å². The molecule has 1 amide bonds. The van der Waals surface area contributed by atoms with Gasteiger partial charge in [0.2, 0.25) is 0 Å². The number of nitrogens with one attached hydrogen (secondary N) is 1. The van der Waals surface area contributed by atoms with Crippen LogP contribution < -0.4 is 5.32 Å². The smallest absolute Gasteiger partial charge is 0.274 e. The van der Waals surface area contributed by atoms with Crippen molar-refractivity contribution < 1.29 is 4.79 Å². The summed E-state index contributed by atoms with van der Waals surface area (Å²) < 4.78 is 3.79. The minimum atomic E-state index is 0.00996. The quantitative estimate of drug-likeness (QED) is 0.632. The van der Waals surface area contributed by atoms with Gasteiger partial charge in [0.1, 0.15) is 5.82 Å². The summed E-state index contributed by atoms with van der Waals surface area (Å²) in [6.45, 7) is 9.51. The van der Waals surface area contributed by atoms with E-state index in [-0.39, 0.29) is 5.91 Å². The number of rotatable bonds is 6. The van der Waals surface area contributed by atoms with Crippen molar-refractivity contribution in [1.82, 2.24) is 34.4 Å². The molecule has 3 aromatic rings. The summed E-state index contributed by atoms with van der Waals surface area (Å²) >= 11 is 0. The fraction of sp³-hybridized carbons (Fsp3) is 0.545. The van der Waals surface area contributed by atoms with Crippen molar-refractivity contribution >= 4 is 11.6 Å². The van der Waals surface area contributed by atoms with Gasteiger partial charge < -0.3 is 14.8 Å². The Balaban J connectivity index is 1.31. The van der Waals surface area contributed by atoms with E-state index in [4.69, 9.17) is 0 Å². The van der Waals surface area contributed by atoms with Crippen LogP contribution >= 0.6 is 0 Å². The van der Waals surface area contributed by atoms with Crippen molar-refractivity contribution in [2.24, 2.45) is 18.9 Å². The largest absolute Gasteiger partial charge is 0.337 e. The standard InChI is InChI=1S/C22H31N7O/c1-15-14-28(9-6-18(15)5-7-23-13-21-24-8-10-27(21)4)22(30)19-12-20-25-16(2)11-17(3)29(20)26-19/h8,10-12,15,18,23H,5-7,9,13-14H2,1-4H3/t15-,18+/m1/s1. The van der Waals surface area contributed by atoms with Gasteiger partial charge in [-0.3, -0.25) is 4.79 Å². The van der Waals surface area contributed by atoms with Gasteiger partial charge in [-0.25, -0.2) is 14.5 Å². The molecule has 0 spiro atoms. The monoisotopic (exact) mass is 409 g/mol. The van der Waals surface area contributed by atoms with E-state index < -0.39 is 0 Å². The number of fused-ring (bicyclic) bond motifs is 1. The van der Waals surface area contributed by atoms with Crippen LogP contribution in [-0.2, 0) is 13.6 Å². The maximum atomic E-state index is 13.0. The average molecular weight is 410 g/mol. The number of aromatic nitrogens is 5. The zero-order valence-electron chi connectivity index (χ0n) is 18.3.